The van der Waals surface area contributed by atoms with Gasteiger partial charge in [-0.3, -0.25) is 15.0 Å². The van der Waals surface area contributed by atoms with E-state index in [1.54, 1.807) is 0 Å². The Balaban J connectivity index is 1.61. The topological polar surface area (TPSA) is 45.2 Å². The molecule has 1 atom stereocenters. The van der Waals surface area contributed by atoms with E-state index in [-0.39, 0.29) is 5.91 Å². The Morgan fingerprint density at radius 2 is 2.30 bits per heavy atom. The van der Waals surface area contributed by atoms with Crippen LogP contribution in [0.1, 0.15) is 35.8 Å². The lowest BCUT2D eigenvalue weighted by Gasteiger charge is -2.30. The maximum atomic E-state index is 12.3. The monoisotopic (exact) mass is 441 g/mol. The molecule has 4 nitrogen and oxygen atoms in total. The summed E-state index contributed by atoms with van der Waals surface area (Å²) in [4.78, 5) is 19.3. The third-order valence-corrected chi connectivity index (χ3v) is 5.76. The van der Waals surface area contributed by atoms with Gasteiger partial charge in [0.05, 0.1) is 11.3 Å². The molecule has 1 aliphatic heterocycles. The van der Waals surface area contributed by atoms with Gasteiger partial charge in [0.25, 0.3) is 5.91 Å². The predicted octanol–water partition coefficient (Wildman–Crippen LogP) is 4.23. The number of rotatable bonds is 4. The number of amides is 1. The number of likely N-dealkylation sites (tertiary alicyclic amines) is 1. The zero-order valence-corrected chi connectivity index (χ0v) is 16.1. The van der Waals surface area contributed by atoms with Gasteiger partial charge in [0.15, 0.2) is 5.13 Å². The Bertz CT molecular complexity index is 688. The van der Waals surface area contributed by atoms with Crippen molar-refractivity contribution in [3.05, 3.63) is 44.5 Å². The molecule has 1 aliphatic rings. The SMILES string of the molecule is C[C@H]1CCCN(Cc2csc(NC(=O)c3ccccc3I)n2)C1. The van der Waals surface area contributed by atoms with Crippen LogP contribution in [-0.4, -0.2) is 28.9 Å². The van der Waals surface area contributed by atoms with Crippen molar-refractivity contribution in [2.24, 2.45) is 5.92 Å². The van der Waals surface area contributed by atoms with Gasteiger partial charge < -0.3 is 0 Å². The molecule has 0 spiro atoms. The fourth-order valence-corrected chi connectivity index (χ4v) is 4.24. The number of hydrogen-bond donors (Lipinski definition) is 1. The highest BCUT2D eigenvalue weighted by Gasteiger charge is 2.18. The number of thiazole rings is 1. The van der Waals surface area contributed by atoms with Crippen LogP contribution in [-0.2, 0) is 6.54 Å². The third kappa shape index (κ3) is 4.51. The Morgan fingerprint density at radius 1 is 1.48 bits per heavy atom. The van der Waals surface area contributed by atoms with Gasteiger partial charge in [-0.25, -0.2) is 4.98 Å². The van der Waals surface area contributed by atoms with Gasteiger partial charge in [-0.15, -0.1) is 11.3 Å². The molecule has 0 radical (unpaired) electrons. The number of hydrogen-bond acceptors (Lipinski definition) is 4. The Labute approximate surface area is 154 Å². The molecule has 0 bridgehead atoms. The molecule has 6 heteroatoms. The second kappa shape index (κ2) is 7.72. The van der Waals surface area contributed by atoms with E-state index in [1.165, 1.54) is 24.2 Å². The van der Waals surface area contributed by atoms with Crippen molar-refractivity contribution < 1.29 is 4.79 Å². The van der Waals surface area contributed by atoms with Gasteiger partial charge >= 0.3 is 0 Å². The van der Waals surface area contributed by atoms with E-state index in [2.05, 4.69) is 44.7 Å². The molecule has 0 saturated carbocycles. The predicted molar refractivity (Wildman–Crippen MR) is 103 cm³/mol. The van der Waals surface area contributed by atoms with E-state index in [1.807, 2.05) is 29.6 Å². The van der Waals surface area contributed by atoms with E-state index < -0.39 is 0 Å². The van der Waals surface area contributed by atoms with Crippen LogP contribution >= 0.6 is 33.9 Å². The molecular formula is C17H20IN3OS. The summed E-state index contributed by atoms with van der Waals surface area (Å²) in [5, 5.41) is 5.63. The summed E-state index contributed by atoms with van der Waals surface area (Å²) < 4.78 is 0.946. The number of aromatic nitrogens is 1. The third-order valence-electron chi connectivity index (χ3n) is 4.02. The molecular weight excluding hydrogens is 421 g/mol. The maximum Gasteiger partial charge on any atom is 0.258 e. The molecule has 2 aromatic rings. The zero-order chi connectivity index (χ0) is 16.2. The largest absolute Gasteiger partial charge is 0.298 e. The van der Waals surface area contributed by atoms with Crippen LogP contribution in [0.25, 0.3) is 0 Å². The number of nitrogens with one attached hydrogen (secondary N) is 1. The van der Waals surface area contributed by atoms with Gasteiger partial charge in [-0.1, -0.05) is 19.1 Å². The number of anilines is 1. The minimum Gasteiger partial charge on any atom is -0.298 e. The summed E-state index contributed by atoms with van der Waals surface area (Å²) in [6.07, 6.45) is 2.59. The second-order valence-corrected chi connectivity index (χ2v) is 8.08. The Morgan fingerprint density at radius 3 is 3.09 bits per heavy atom. The molecule has 3 rings (SSSR count). The van der Waals surface area contributed by atoms with E-state index in [0.29, 0.717) is 10.7 Å². The first-order valence-electron chi connectivity index (χ1n) is 7.84. The summed E-state index contributed by atoms with van der Waals surface area (Å²) >= 11 is 3.67. The van der Waals surface area contributed by atoms with Crippen LogP contribution in [0.2, 0.25) is 0 Å². The standard InChI is InChI=1S/C17H20IN3OS/c1-12-5-4-8-21(9-12)10-13-11-23-17(19-13)20-16(22)14-6-2-3-7-15(14)18/h2-3,6-7,11-12H,4-5,8-10H2,1H3,(H,19,20,22)/t12-/m0/s1. The molecule has 0 unspecified atom stereocenters. The number of halogens is 1. The fraction of sp³-hybridized carbons (Fsp3) is 0.412. The van der Waals surface area contributed by atoms with Crippen molar-refractivity contribution >= 4 is 45.0 Å². The molecule has 1 aromatic carbocycles. The van der Waals surface area contributed by atoms with Crippen molar-refractivity contribution in [1.29, 1.82) is 0 Å². The van der Waals surface area contributed by atoms with Crippen LogP contribution in [0.3, 0.4) is 0 Å². The Hall–Kier alpha value is -0.990. The van der Waals surface area contributed by atoms with E-state index in [0.717, 1.165) is 34.8 Å². The number of piperidine rings is 1. The second-order valence-electron chi connectivity index (χ2n) is 6.06. The van der Waals surface area contributed by atoms with Crippen molar-refractivity contribution in [2.45, 2.75) is 26.3 Å². The summed E-state index contributed by atoms with van der Waals surface area (Å²) in [6, 6.07) is 7.57. The van der Waals surface area contributed by atoms with Crippen LogP contribution < -0.4 is 5.32 Å². The van der Waals surface area contributed by atoms with Crippen LogP contribution in [0.5, 0.6) is 0 Å². The van der Waals surface area contributed by atoms with E-state index in [9.17, 15) is 4.79 Å². The zero-order valence-electron chi connectivity index (χ0n) is 13.1. The lowest BCUT2D eigenvalue weighted by Crippen LogP contribution is -2.33. The molecule has 23 heavy (non-hydrogen) atoms. The number of benzene rings is 1. The summed E-state index contributed by atoms with van der Waals surface area (Å²) in [5.74, 6) is 0.671. The minimum absolute atomic E-state index is 0.0949. The number of nitrogens with zero attached hydrogens (tertiary/aromatic N) is 2. The molecule has 1 aromatic heterocycles. The molecule has 1 fully saturated rings. The minimum atomic E-state index is -0.0949. The van der Waals surface area contributed by atoms with E-state index >= 15 is 0 Å². The van der Waals surface area contributed by atoms with Gasteiger partial charge in [-0.05, 0) is 60.0 Å². The highest BCUT2D eigenvalue weighted by Crippen LogP contribution is 2.22. The summed E-state index contributed by atoms with van der Waals surface area (Å²) in [7, 11) is 0. The van der Waals surface area contributed by atoms with E-state index in [4.69, 9.17) is 0 Å². The van der Waals surface area contributed by atoms with Crippen LogP contribution in [0, 0.1) is 9.49 Å². The first-order valence-corrected chi connectivity index (χ1v) is 9.80. The quantitative estimate of drug-likeness (QED) is 0.723. The van der Waals surface area contributed by atoms with Crippen molar-refractivity contribution in [3.63, 3.8) is 0 Å². The lowest BCUT2D eigenvalue weighted by atomic mass is 10.0. The van der Waals surface area contributed by atoms with Gasteiger partial charge in [0, 0.05) is 22.0 Å². The van der Waals surface area contributed by atoms with Gasteiger partial charge in [0.1, 0.15) is 0 Å². The molecule has 1 N–H and O–H groups in total. The number of carbonyl (C=O) groups excluding carboxylic acids is 1. The Kier molecular flexibility index (Phi) is 5.66. The molecule has 1 amide bonds. The number of carbonyl (C=O) groups is 1. The lowest BCUT2D eigenvalue weighted by molar-refractivity contribution is 0.102. The van der Waals surface area contributed by atoms with Gasteiger partial charge in [0.2, 0.25) is 0 Å². The van der Waals surface area contributed by atoms with Crippen molar-refractivity contribution in [1.82, 2.24) is 9.88 Å². The molecule has 2 heterocycles. The first-order chi connectivity index (χ1) is 11.1. The average molecular weight is 441 g/mol. The molecule has 0 aliphatic carbocycles. The molecule has 122 valence electrons. The normalized spacial score (nSPS) is 18.8. The fourth-order valence-electron chi connectivity index (χ4n) is 2.91. The highest BCUT2D eigenvalue weighted by atomic mass is 127. The maximum absolute atomic E-state index is 12.3. The van der Waals surface area contributed by atoms with Crippen molar-refractivity contribution in [3.8, 4) is 0 Å². The first kappa shape index (κ1) is 16.9. The summed E-state index contributed by atoms with van der Waals surface area (Å²) in [5.41, 5.74) is 1.73. The van der Waals surface area contributed by atoms with Crippen LogP contribution in [0.15, 0.2) is 29.6 Å². The van der Waals surface area contributed by atoms with Crippen molar-refractivity contribution in [2.75, 3.05) is 18.4 Å². The summed E-state index contributed by atoms with van der Waals surface area (Å²) in [6.45, 7) is 5.47. The smallest absolute Gasteiger partial charge is 0.258 e. The van der Waals surface area contributed by atoms with Crippen LogP contribution in [0.4, 0.5) is 5.13 Å². The van der Waals surface area contributed by atoms with Gasteiger partial charge in [-0.2, -0.15) is 0 Å². The highest BCUT2D eigenvalue weighted by molar-refractivity contribution is 14.1. The molecule has 1 saturated heterocycles. The average Bonchev–Trinajstić information content (AvgIpc) is 2.94.